The molecule has 5 heteroatoms. The van der Waals surface area contributed by atoms with Crippen LogP contribution < -0.4 is 5.32 Å². The Labute approximate surface area is 114 Å². The first-order valence-electron chi connectivity index (χ1n) is 7.26. The van der Waals surface area contributed by atoms with E-state index in [1.54, 1.807) is 6.20 Å². The molecule has 0 bridgehead atoms. The molecule has 0 aromatic carbocycles. The van der Waals surface area contributed by atoms with Gasteiger partial charge in [0.25, 0.3) is 0 Å². The highest BCUT2D eigenvalue weighted by Gasteiger charge is 2.36. The summed E-state index contributed by atoms with van der Waals surface area (Å²) in [7, 11) is 1.98. The third kappa shape index (κ3) is 2.81. The van der Waals surface area contributed by atoms with Gasteiger partial charge in [-0.25, -0.2) is 4.98 Å². The summed E-state index contributed by atoms with van der Waals surface area (Å²) in [5.74, 6) is 1.24. The van der Waals surface area contributed by atoms with E-state index in [0.29, 0.717) is 12.6 Å². The van der Waals surface area contributed by atoms with Gasteiger partial charge in [0, 0.05) is 25.5 Å². The zero-order valence-corrected chi connectivity index (χ0v) is 11.5. The third-order valence-corrected chi connectivity index (χ3v) is 4.11. The van der Waals surface area contributed by atoms with Crippen LogP contribution in [0.1, 0.15) is 37.9 Å². The van der Waals surface area contributed by atoms with Gasteiger partial charge in [-0.15, -0.1) is 0 Å². The average Bonchev–Trinajstić information content (AvgIpc) is 3.20. The summed E-state index contributed by atoms with van der Waals surface area (Å²) in [6, 6.07) is 0.461. The van der Waals surface area contributed by atoms with Crippen LogP contribution in [0.3, 0.4) is 0 Å². The molecular weight excluding hydrogens is 240 g/mol. The minimum absolute atomic E-state index is 0.0228. The predicted octanol–water partition coefficient (Wildman–Crippen LogP) is 1.05. The summed E-state index contributed by atoms with van der Waals surface area (Å²) in [6.45, 7) is 1.61. The van der Waals surface area contributed by atoms with Gasteiger partial charge >= 0.3 is 0 Å². The summed E-state index contributed by atoms with van der Waals surface area (Å²) in [4.78, 5) is 19.0. The second kappa shape index (κ2) is 5.33. The van der Waals surface area contributed by atoms with Crippen molar-refractivity contribution in [3.63, 3.8) is 0 Å². The summed E-state index contributed by atoms with van der Waals surface area (Å²) in [5, 5.41) is 3.36. The van der Waals surface area contributed by atoms with Gasteiger partial charge in [0.05, 0.1) is 12.6 Å². The van der Waals surface area contributed by atoms with Crippen molar-refractivity contribution in [2.75, 3.05) is 6.54 Å². The van der Waals surface area contributed by atoms with E-state index in [0.717, 1.165) is 38.1 Å². The lowest BCUT2D eigenvalue weighted by Crippen LogP contribution is -2.49. The van der Waals surface area contributed by atoms with E-state index >= 15 is 0 Å². The fourth-order valence-corrected chi connectivity index (χ4v) is 2.74. The molecule has 5 nitrogen and oxygen atoms in total. The number of hydrogen-bond donors (Lipinski definition) is 1. The molecule has 2 heterocycles. The molecule has 1 aliphatic heterocycles. The third-order valence-electron chi connectivity index (χ3n) is 4.11. The Balaban J connectivity index is 1.70. The molecule has 1 N–H and O–H groups in total. The van der Waals surface area contributed by atoms with Crippen LogP contribution >= 0.6 is 0 Å². The molecule has 1 aliphatic carbocycles. The zero-order valence-electron chi connectivity index (χ0n) is 11.5. The number of nitrogens with zero attached hydrogens (tertiary/aromatic N) is 3. The molecule has 1 saturated heterocycles. The van der Waals surface area contributed by atoms with Gasteiger partial charge in [0.2, 0.25) is 5.91 Å². The molecule has 2 aliphatic rings. The van der Waals surface area contributed by atoms with Crippen molar-refractivity contribution >= 4 is 5.91 Å². The van der Waals surface area contributed by atoms with E-state index in [1.165, 1.54) is 6.42 Å². The standard InChI is InChI=1S/C14H22N4O/c1-17-9-8-16-13(17)10-18(11-5-6-11)14(19)12-4-2-3-7-15-12/h8-9,11-12,15H,2-7,10H2,1H3/t12-/m1/s1. The maximum atomic E-state index is 12.6. The molecule has 104 valence electrons. The van der Waals surface area contributed by atoms with E-state index in [4.69, 9.17) is 0 Å². The van der Waals surface area contributed by atoms with Gasteiger partial charge in [-0.2, -0.15) is 0 Å². The lowest BCUT2D eigenvalue weighted by Gasteiger charge is -2.30. The van der Waals surface area contributed by atoms with Crippen molar-refractivity contribution in [2.45, 2.75) is 50.7 Å². The maximum absolute atomic E-state index is 12.6. The Morgan fingerprint density at radius 2 is 2.32 bits per heavy atom. The Morgan fingerprint density at radius 1 is 1.47 bits per heavy atom. The lowest BCUT2D eigenvalue weighted by atomic mass is 10.0. The van der Waals surface area contributed by atoms with Gasteiger partial charge in [0.1, 0.15) is 5.82 Å². The minimum Gasteiger partial charge on any atom is -0.337 e. The molecule has 3 rings (SSSR count). The first-order chi connectivity index (χ1) is 9.25. The summed E-state index contributed by atoms with van der Waals surface area (Å²) in [5.41, 5.74) is 0. The molecule has 1 amide bonds. The van der Waals surface area contributed by atoms with E-state index in [9.17, 15) is 4.79 Å². The first-order valence-corrected chi connectivity index (χ1v) is 7.26. The van der Waals surface area contributed by atoms with Crippen molar-refractivity contribution in [3.05, 3.63) is 18.2 Å². The zero-order chi connectivity index (χ0) is 13.2. The van der Waals surface area contributed by atoms with Crippen LogP contribution in [0.15, 0.2) is 12.4 Å². The van der Waals surface area contributed by atoms with Crippen LogP contribution in [0.5, 0.6) is 0 Å². The lowest BCUT2D eigenvalue weighted by molar-refractivity contribution is -0.135. The van der Waals surface area contributed by atoms with Gasteiger partial charge in [0.15, 0.2) is 0 Å². The number of aromatic nitrogens is 2. The minimum atomic E-state index is 0.0228. The number of carbonyl (C=O) groups is 1. The summed E-state index contributed by atoms with van der Waals surface area (Å²) >= 11 is 0. The Hall–Kier alpha value is -1.36. The van der Waals surface area contributed by atoms with Crippen molar-refractivity contribution in [1.82, 2.24) is 19.8 Å². The quantitative estimate of drug-likeness (QED) is 0.882. The number of amides is 1. The van der Waals surface area contributed by atoms with E-state index in [-0.39, 0.29) is 11.9 Å². The fourth-order valence-electron chi connectivity index (χ4n) is 2.74. The van der Waals surface area contributed by atoms with Crippen LogP contribution in [0.25, 0.3) is 0 Å². The van der Waals surface area contributed by atoms with Gasteiger partial charge < -0.3 is 14.8 Å². The van der Waals surface area contributed by atoms with E-state index < -0.39 is 0 Å². The molecule has 1 atom stereocenters. The van der Waals surface area contributed by atoms with Crippen molar-refractivity contribution in [2.24, 2.45) is 7.05 Å². The van der Waals surface area contributed by atoms with Gasteiger partial charge in [-0.3, -0.25) is 4.79 Å². The second-order valence-corrected chi connectivity index (χ2v) is 5.65. The van der Waals surface area contributed by atoms with E-state index in [1.807, 2.05) is 22.7 Å². The molecule has 0 radical (unpaired) electrons. The van der Waals surface area contributed by atoms with Crippen LogP contribution in [0.2, 0.25) is 0 Å². The number of piperidine rings is 1. The monoisotopic (exact) mass is 262 g/mol. The molecule has 0 spiro atoms. The fraction of sp³-hybridized carbons (Fsp3) is 0.714. The molecule has 0 unspecified atom stereocenters. The summed E-state index contributed by atoms with van der Waals surface area (Å²) in [6.07, 6.45) is 9.33. The van der Waals surface area contributed by atoms with E-state index in [2.05, 4.69) is 10.3 Å². The number of aryl methyl sites for hydroxylation is 1. The number of imidazole rings is 1. The molecule has 19 heavy (non-hydrogen) atoms. The predicted molar refractivity (Wildman–Crippen MR) is 72.4 cm³/mol. The molecule has 1 saturated carbocycles. The van der Waals surface area contributed by atoms with Crippen LogP contribution in [0, 0.1) is 0 Å². The van der Waals surface area contributed by atoms with Crippen molar-refractivity contribution < 1.29 is 4.79 Å². The summed E-state index contributed by atoms with van der Waals surface area (Å²) < 4.78 is 2.00. The number of carbonyl (C=O) groups excluding carboxylic acids is 1. The van der Waals surface area contributed by atoms with Gasteiger partial charge in [-0.1, -0.05) is 6.42 Å². The Bertz CT molecular complexity index is 446. The Morgan fingerprint density at radius 3 is 2.89 bits per heavy atom. The second-order valence-electron chi connectivity index (χ2n) is 5.65. The van der Waals surface area contributed by atoms with Crippen LogP contribution in [-0.4, -0.2) is 39.0 Å². The normalized spacial score (nSPS) is 23.3. The molecule has 1 aromatic heterocycles. The molecular formula is C14H22N4O. The highest BCUT2D eigenvalue weighted by molar-refractivity contribution is 5.82. The average molecular weight is 262 g/mol. The highest BCUT2D eigenvalue weighted by Crippen LogP contribution is 2.29. The maximum Gasteiger partial charge on any atom is 0.240 e. The first kappa shape index (κ1) is 12.7. The topological polar surface area (TPSA) is 50.2 Å². The van der Waals surface area contributed by atoms with Crippen LogP contribution in [-0.2, 0) is 18.4 Å². The number of hydrogen-bond acceptors (Lipinski definition) is 3. The number of nitrogens with one attached hydrogen (secondary N) is 1. The smallest absolute Gasteiger partial charge is 0.240 e. The SMILES string of the molecule is Cn1ccnc1CN(C(=O)[C@H]1CCCCN1)C1CC1. The van der Waals surface area contributed by atoms with Crippen molar-refractivity contribution in [3.8, 4) is 0 Å². The van der Waals surface area contributed by atoms with Gasteiger partial charge in [-0.05, 0) is 32.2 Å². The largest absolute Gasteiger partial charge is 0.337 e. The molecule has 1 aromatic rings. The van der Waals surface area contributed by atoms with Crippen LogP contribution in [0.4, 0.5) is 0 Å². The van der Waals surface area contributed by atoms with Crippen molar-refractivity contribution in [1.29, 1.82) is 0 Å². The highest BCUT2D eigenvalue weighted by atomic mass is 16.2. The number of rotatable bonds is 4. The molecule has 2 fully saturated rings. The Kier molecular flexibility index (Phi) is 3.55.